The van der Waals surface area contributed by atoms with Crippen molar-refractivity contribution in [3.8, 4) is 0 Å². The van der Waals surface area contributed by atoms with Gasteiger partial charge in [0.2, 0.25) is 5.91 Å². The van der Waals surface area contributed by atoms with Crippen molar-refractivity contribution < 1.29 is 9.72 Å². The van der Waals surface area contributed by atoms with Gasteiger partial charge >= 0.3 is 0 Å². The number of halogens is 1. The molecule has 2 heterocycles. The SMILES string of the molecule is O=C1Nc2ncnc(Cl)c2[C@@]12Cc1ccc([N+](=O)[O-])cc1C2. The number of nitrogens with zero attached hydrogens (tertiary/aromatic N) is 3. The second kappa shape index (κ2) is 4.23. The quantitative estimate of drug-likeness (QED) is 0.493. The number of benzene rings is 1. The molecule has 0 bridgehead atoms. The van der Waals surface area contributed by atoms with E-state index in [2.05, 4.69) is 15.3 Å². The zero-order valence-corrected chi connectivity index (χ0v) is 11.9. The molecule has 0 radical (unpaired) electrons. The van der Waals surface area contributed by atoms with Crippen molar-refractivity contribution in [2.75, 3.05) is 5.32 Å². The molecule has 0 fully saturated rings. The van der Waals surface area contributed by atoms with Gasteiger partial charge in [0.25, 0.3) is 5.69 Å². The molecule has 1 aromatic carbocycles. The number of hydrogen-bond donors (Lipinski definition) is 1. The average molecular weight is 317 g/mol. The predicted molar refractivity (Wildman–Crippen MR) is 77.9 cm³/mol. The molecule has 0 saturated heterocycles. The summed E-state index contributed by atoms with van der Waals surface area (Å²) in [5.74, 6) is 0.232. The summed E-state index contributed by atoms with van der Waals surface area (Å²) in [6.45, 7) is 0. The van der Waals surface area contributed by atoms with Gasteiger partial charge in [-0.05, 0) is 24.0 Å². The molecule has 1 amide bonds. The van der Waals surface area contributed by atoms with Crippen LogP contribution in [0, 0.1) is 10.1 Å². The number of hydrogen-bond acceptors (Lipinski definition) is 5. The van der Waals surface area contributed by atoms with Gasteiger partial charge in [-0.3, -0.25) is 14.9 Å². The van der Waals surface area contributed by atoms with Crippen LogP contribution in [0.4, 0.5) is 11.5 Å². The Morgan fingerprint density at radius 3 is 2.82 bits per heavy atom. The zero-order chi connectivity index (χ0) is 15.5. The Bertz CT molecular complexity index is 854. The fourth-order valence-corrected chi connectivity index (χ4v) is 3.65. The lowest BCUT2D eigenvalue weighted by Gasteiger charge is -2.20. The van der Waals surface area contributed by atoms with Crippen LogP contribution in [0.15, 0.2) is 24.5 Å². The van der Waals surface area contributed by atoms with Gasteiger partial charge < -0.3 is 5.32 Å². The first-order valence-corrected chi connectivity index (χ1v) is 6.98. The van der Waals surface area contributed by atoms with Crippen molar-refractivity contribution in [3.63, 3.8) is 0 Å². The van der Waals surface area contributed by atoms with Gasteiger partial charge in [-0.15, -0.1) is 0 Å². The van der Waals surface area contributed by atoms with E-state index in [1.807, 2.05) is 0 Å². The predicted octanol–water partition coefficient (Wildman–Crippen LogP) is 2.03. The van der Waals surface area contributed by atoms with Gasteiger partial charge in [0.15, 0.2) is 0 Å². The molecule has 1 aliphatic heterocycles. The highest BCUT2D eigenvalue weighted by Crippen LogP contribution is 2.49. The van der Waals surface area contributed by atoms with E-state index in [0.717, 1.165) is 11.1 Å². The Balaban J connectivity index is 1.86. The molecule has 1 aliphatic carbocycles. The zero-order valence-electron chi connectivity index (χ0n) is 11.2. The minimum atomic E-state index is -0.870. The van der Waals surface area contributed by atoms with Crippen molar-refractivity contribution in [2.24, 2.45) is 0 Å². The van der Waals surface area contributed by atoms with Gasteiger partial charge in [0.1, 0.15) is 17.3 Å². The van der Waals surface area contributed by atoms with Crippen molar-refractivity contribution in [1.82, 2.24) is 9.97 Å². The fourth-order valence-electron chi connectivity index (χ4n) is 3.34. The van der Waals surface area contributed by atoms with Gasteiger partial charge in [0, 0.05) is 17.7 Å². The number of nitro benzene ring substituents is 1. The van der Waals surface area contributed by atoms with Gasteiger partial charge in [0.05, 0.1) is 10.3 Å². The second-order valence-electron chi connectivity index (χ2n) is 5.49. The van der Waals surface area contributed by atoms with Crippen LogP contribution < -0.4 is 5.32 Å². The first-order chi connectivity index (χ1) is 10.5. The molecule has 7 nitrogen and oxygen atoms in total. The fraction of sp³-hybridized carbons (Fsp3) is 0.214. The standard InChI is InChI=1S/C14H9ClN4O3/c15-11-10-12(17-6-16-11)18-13(20)14(10)4-7-1-2-9(19(21)22)3-8(7)5-14/h1-3,6H,4-5H2,(H,16,17,18,20)/t14-/m0/s1. The van der Waals surface area contributed by atoms with E-state index in [1.54, 1.807) is 6.07 Å². The maximum atomic E-state index is 12.5. The number of nitro groups is 1. The summed E-state index contributed by atoms with van der Waals surface area (Å²) < 4.78 is 0. The maximum Gasteiger partial charge on any atom is 0.269 e. The third-order valence-corrected chi connectivity index (χ3v) is 4.62. The lowest BCUT2D eigenvalue weighted by Crippen LogP contribution is -2.35. The first-order valence-electron chi connectivity index (χ1n) is 6.60. The molecule has 1 spiro atoms. The van der Waals surface area contributed by atoms with Crippen LogP contribution in [0.2, 0.25) is 5.15 Å². The number of amides is 1. The van der Waals surface area contributed by atoms with E-state index in [1.165, 1.54) is 18.5 Å². The van der Waals surface area contributed by atoms with Gasteiger partial charge in [-0.2, -0.15) is 0 Å². The molecule has 1 atom stereocenters. The van der Waals surface area contributed by atoms with Crippen LogP contribution in [-0.4, -0.2) is 20.8 Å². The summed E-state index contributed by atoms with van der Waals surface area (Å²) in [6, 6.07) is 4.67. The first kappa shape index (κ1) is 13.1. The second-order valence-corrected chi connectivity index (χ2v) is 5.85. The summed E-state index contributed by atoms with van der Waals surface area (Å²) in [5.41, 5.74) is 1.43. The van der Waals surface area contributed by atoms with Crippen LogP contribution in [0.1, 0.15) is 16.7 Å². The van der Waals surface area contributed by atoms with Crippen LogP contribution in [0.25, 0.3) is 0 Å². The molecule has 2 aliphatic rings. The van der Waals surface area contributed by atoms with Gasteiger partial charge in [-0.25, -0.2) is 9.97 Å². The summed E-state index contributed by atoms with van der Waals surface area (Å²) in [5, 5.41) is 13.9. The van der Waals surface area contributed by atoms with Crippen molar-refractivity contribution in [3.05, 3.63) is 56.5 Å². The number of non-ortho nitro benzene ring substituents is 1. The Morgan fingerprint density at radius 2 is 2.05 bits per heavy atom. The highest BCUT2D eigenvalue weighted by molar-refractivity contribution is 6.31. The van der Waals surface area contributed by atoms with Crippen LogP contribution in [-0.2, 0) is 23.1 Å². The lowest BCUT2D eigenvalue weighted by atomic mass is 9.80. The highest BCUT2D eigenvalue weighted by atomic mass is 35.5. The summed E-state index contributed by atoms with van der Waals surface area (Å²) in [7, 11) is 0. The normalized spacial score (nSPS) is 21.6. The molecule has 0 unspecified atom stereocenters. The number of carbonyl (C=O) groups excluding carboxylic acids is 1. The minimum Gasteiger partial charge on any atom is -0.309 e. The molecule has 2 aromatic rings. The van der Waals surface area contributed by atoms with E-state index in [0.29, 0.717) is 24.2 Å². The molecule has 110 valence electrons. The highest BCUT2D eigenvalue weighted by Gasteiger charge is 2.53. The Kier molecular flexibility index (Phi) is 2.53. The smallest absolute Gasteiger partial charge is 0.269 e. The van der Waals surface area contributed by atoms with E-state index in [9.17, 15) is 14.9 Å². The molecular weight excluding hydrogens is 308 g/mol. The van der Waals surface area contributed by atoms with Crippen molar-refractivity contribution in [2.45, 2.75) is 18.3 Å². The largest absolute Gasteiger partial charge is 0.309 e. The van der Waals surface area contributed by atoms with Crippen LogP contribution in [0.3, 0.4) is 0 Å². The number of nitrogens with one attached hydrogen (secondary N) is 1. The maximum absolute atomic E-state index is 12.5. The van der Waals surface area contributed by atoms with Crippen LogP contribution in [0.5, 0.6) is 0 Å². The Hall–Kier alpha value is -2.54. The van der Waals surface area contributed by atoms with E-state index in [4.69, 9.17) is 11.6 Å². The van der Waals surface area contributed by atoms with Crippen LogP contribution >= 0.6 is 11.6 Å². The summed E-state index contributed by atoms with van der Waals surface area (Å²) in [6.07, 6.45) is 2.09. The summed E-state index contributed by atoms with van der Waals surface area (Å²) >= 11 is 6.18. The topological polar surface area (TPSA) is 98.0 Å². The summed E-state index contributed by atoms with van der Waals surface area (Å²) in [4.78, 5) is 31.0. The number of fused-ring (bicyclic) bond motifs is 3. The Labute approximate surface area is 129 Å². The van der Waals surface area contributed by atoms with E-state index < -0.39 is 10.3 Å². The Morgan fingerprint density at radius 1 is 1.27 bits per heavy atom. The molecule has 1 aromatic heterocycles. The number of rotatable bonds is 1. The van der Waals surface area contributed by atoms with Crippen molar-refractivity contribution in [1.29, 1.82) is 0 Å². The number of aromatic nitrogens is 2. The third-order valence-electron chi connectivity index (χ3n) is 4.33. The molecule has 0 saturated carbocycles. The lowest BCUT2D eigenvalue weighted by molar-refractivity contribution is -0.384. The van der Waals surface area contributed by atoms with E-state index in [-0.39, 0.29) is 16.7 Å². The molecule has 8 heteroatoms. The van der Waals surface area contributed by atoms with E-state index >= 15 is 0 Å². The van der Waals surface area contributed by atoms with Crippen molar-refractivity contribution >= 4 is 29.0 Å². The average Bonchev–Trinajstić information content (AvgIpc) is 2.98. The third kappa shape index (κ3) is 1.59. The minimum absolute atomic E-state index is 0.0184. The molecule has 1 N–H and O–H groups in total. The number of anilines is 1. The number of carbonyl (C=O) groups is 1. The van der Waals surface area contributed by atoms with Gasteiger partial charge in [-0.1, -0.05) is 17.7 Å². The monoisotopic (exact) mass is 316 g/mol. The molecule has 4 rings (SSSR count). The molecule has 22 heavy (non-hydrogen) atoms. The molecular formula is C14H9ClN4O3.